The summed E-state index contributed by atoms with van der Waals surface area (Å²) >= 11 is 0. The second kappa shape index (κ2) is 16.5. The molecule has 4 amide bonds. The number of aromatic nitrogens is 4. The number of carbonyl (C=O) groups is 4. The fourth-order valence-electron chi connectivity index (χ4n) is 8.85. The van der Waals surface area contributed by atoms with Crippen LogP contribution in [-0.4, -0.2) is 109 Å². The fraction of sp³-hybridized carbons (Fsp3) is 0.455. The number of rotatable bonds is 10. The first-order chi connectivity index (χ1) is 28.4. The van der Waals surface area contributed by atoms with E-state index in [4.69, 9.17) is 19.4 Å². The van der Waals surface area contributed by atoms with E-state index in [0.29, 0.717) is 12.3 Å². The van der Waals surface area contributed by atoms with Gasteiger partial charge in [-0.25, -0.2) is 19.6 Å². The van der Waals surface area contributed by atoms with E-state index in [-0.39, 0.29) is 35.7 Å². The van der Waals surface area contributed by atoms with Gasteiger partial charge in [-0.15, -0.1) is 0 Å². The van der Waals surface area contributed by atoms with Gasteiger partial charge in [0.05, 0.1) is 59.2 Å². The lowest BCUT2D eigenvalue weighted by molar-refractivity contribution is -0.135. The van der Waals surface area contributed by atoms with Crippen LogP contribution in [-0.2, 0) is 19.1 Å². The Morgan fingerprint density at radius 3 is 1.70 bits per heavy atom. The Morgan fingerprint density at radius 1 is 0.683 bits per heavy atom. The first-order valence-electron chi connectivity index (χ1n) is 20.8. The minimum absolute atomic E-state index is 0.113. The van der Waals surface area contributed by atoms with Gasteiger partial charge >= 0.3 is 12.2 Å². The molecule has 4 N–H and O–H groups in total. The summed E-state index contributed by atoms with van der Waals surface area (Å²) in [5.74, 6) is 1.05. The quantitative estimate of drug-likeness (QED) is 0.103. The van der Waals surface area contributed by atoms with Crippen LogP contribution >= 0.6 is 0 Å². The van der Waals surface area contributed by atoms with Crippen molar-refractivity contribution >= 4 is 62.0 Å². The number of imidazole rings is 2. The SMILES string of the molecule is COC(=O)N[C@H](C(=O)N1C[Si](C)(C)C[C@H]1c1nc(-c2ccc3cc(-c4ccc5nc([C@@H]6C[Si](C)(C)CN6C(=O)[C@@H](NC(=O)OC)C(C)C)[nH]c5c4)ccc3c2)c[nH]1)C(C)C. The van der Waals surface area contributed by atoms with E-state index in [0.717, 1.165) is 67.9 Å². The highest BCUT2D eigenvalue weighted by Crippen LogP contribution is 2.40. The first kappa shape index (κ1) is 42.6. The molecule has 4 heterocycles. The predicted molar refractivity (Wildman–Crippen MR) is 238 cm³/mol. The van der Waals surface area contributed by atoms with E-state index in [2.05, 4.69) is 95.3 Å². The minimum atomic E-state index is -1.77. The smallest absolute Gasteiger partial charge is 0.407 e. The Balaban J connectivity index is 1.11. The summed E-state index contributed by atoms with van der Waals surface area (Å²) in [7, 11) is -0.922. The van der Waals surface area contributed by atoms with Gasteiger partial charge in [-0.3, -0.25) is 9.59 Å². The lowest BCUT2D eigenvalue weighted by atomic mass is 9.99. The van der Waals surface area contributed by atoms with E-state index < -0.39 is 40.4 Å². The third-order valence-corrected chi connectivity index (χ3v) is 17.4. The van der Waals surface area contributed by atoms with Crippen LogP contribution in [0.1, 0.15) is 51.4 Å². The van der Waals surface area contributed by atoms with Gasteiger partial charge in [-0.2, -0.15) is 0 Å². The van der Waals surface area contributed by atoms with Crippen LogP contribution in [0.15, 0.2) is 60.8 Å². The summed E-state index contributed by atoms with van der Waals surface area (Å²) in [4.78, 5) is 72.9. The molecule has 2 aliphatic heterocycles. The maximum Gasteiger partial charge on any atom is 0.407 e. The van der Waals surface area contributed by atoms with Gasteiger partial charge in [-0.05, 0) is 70.1 Å². The summed E-state index contributed by atoms with van der Waals surface area (Å²) in [6.07, 6.45) is 2.04. The van der Waals surface area contributed by atoms with Crippen molar-refractivity contribution in [2.75, 3.05) is 26.6 Å². The highest BCUT2D eigenvalue weighted by Gasteiger charge is 2.47. The van der Waals surface area contributed by atoms with Crippen LogP contribution in [0.25, 0.3) is 44.2 Å². The zero-order valence-electron chi connectivity index (χ0n) is 36.3. The molecule has 2 aromatic heterocycles. The summed E-state index contributed by atoms with van der Waals surface area (Å²) in [6, 6.07) is 18.9. The topological polar surface area (TPSA) is 175 Å². The maximum absolute atomic E-state index is 14.0. The third-order valence-electron chi connectivity index (χ3n) is 12.0. The van der Waals surface area contributed by atoms with Gasteiger partial charge in [-0.1, -0.05) is 84.2 Å². The second-order valence-corrected chi connectivity index (χ2v) is 28.8. The minimum Gasteiger partial charge on any atom is -0.453 e. The van der Waals surface area contributed by atoms with E-state index in [9.17, 15) is 19.2 Å². The molecule has 5 aromatic rings. The lowest BCUT2D eigenvalue weighted by Gasteiger charge is -2.30. The molecule has 318 valence electrons. The maximum atomic E-state index is 14.0. The average Bonchev–Trinajstić information content (AvgIpc) is 4.01. The largest absolute Gasteiger partial charge is 0.453 e. The molecule has 60 heavy (non-hydrogen) atoms. The van der Waals surface area contributed by atoms with Crippen LogP contribution in [0, 0.1) is 11.8 Å². The number of hydrogen-bond donors (Lipinski definition) is 4. The molecule has 0 radical (unpaired) electrons. The van der Waals surface area contributed by atoms with E-state index in [1.807, 2.05) is 49.8 Å². The van der Waals surface area contributed by atoms with Crippen molar-refractivity contribution in [1.82, 2.24) is 40.4 Å². The highest BCUT2D eigenvalue weighted by atomic mass is 28.3. The molecule has 16 heteroatoms. The number of nitrogens with one attached hydrogen (secondary N) is 4. The molecule has 0 spiro atoms. The Bertz CT molecular complexity index is 2440. The number of benzene rings is 3. The molecule has 3 aromatic carbocycles. The Labute approximate surface area is 353 Å². The molecule has 0 unspecified atom stereocenters. The van der Waals surface area contributed by atoms with Crippen molar-refractivity contribution in [2.24, 2.45) is 11.8 Å². The molecule has 7 rings (SSSR count). The Morgan fingerprint density at radius 2 is 1.17 bits per heavy atom. The molecule has 0 saturated carbocycles. The number of carbonyl (C=O) groups excluding carboxylic acids is 4. The monoisotopic (exact) mass is 850 g/mol. The average molecular weight is 851 g/mol. The lowest BCUT2D eigenvalue weighted by Crippen LogP contribution is -2.52. The molecule has 2 fully saturated rings. The number of amides is 4. The summed E-state index contributed by atoms with van der Waals surface area (Å²) in [5.41, 5.74) is 5.60. The molecule has 0 bridgehead atoms. The zero-order valence-corrected chi connectivity index (χ0v) is 38.3. The first-order valence-corrected chi connectivity index (χ1v) is 27.6. The van der Waals surface area contributed by atoms with Crippen LogP contribution < -0.4 is 10.6 Å². The van der Waals surface area contributed by atoms with E-state index in [1.165, 1.54) is 14.2 Å². The normalized spacial score (nSPS) is 19.5. The van der Waals surface area contributed by atoms with E-state index >= 15 is 0 Å². The number of methoxy groups -OCH3 is 2. The van der Waals surface area contributed by atoms with Crippen LogP contribution in [0.2, 0.25) is 38.3 Å². The van der Waals surface area contributed by atoms with E-state index in [1.54, 1.807) is 0 Å². The van der Waals surface area contributed by atoms with Crippen LogP contribution in [0.4, 0.5) is 9.59 Å². The van der Waals surface area contributed by atoms with Gasteiger partial charge in [0.25, 0.3) is 0 Å². The highest BCUT2D eigenvalue weighted by molar-refractivity contribution is 6.79. The van der Waals surface area contributed by atoms with Crippen molar-refractivity contribution < 1.29 is 28.7 Å². The number of ether oxygens (including phenoxy) is 2. The molecule has 4 atom stereocenters. The number of aromatic amines is 2. The van der Waals surface area contributed by atoms with Crippen molar-refractivity contribution in [1.29, 1.82) is 0 Å². The molecule has 0 aliphatic carbocycles. The van der Waals surface area contributed by atoms with Crippen molar-refractivity contribution in [3.63, 3.8) is 0 Å². The number of H-pyrrole nitrogens is 2. The Hall–Kier alpha value is -5.49. The number of alkyl carbamates (subject to hydrolysis) is 2. The van der Waals surface area contributed by atoms with Crippen molar-refractivity contribution in [3.8, 4) is 22.4 Å². The third kappa shape index (κ3) is 8.71. The number of fused-ring (bicyclic) bond motifs is 2. The number of hydrogen-bond acceptors (Lipinski definition) is 8. The van der Waals surface area contributed by atoms with Crippen molar-refractivity contribution in [2.45, 2.75) is 90.1 Å². The molecule has 2 saturated heterocycles. The Kier molecular flexibility index (Phi) is 11.7. The van der Waals surface area contributed by atoms with Gasteiger partial charge in [0.1, 0.15) is 23.7 Å². The van der Waals surface area contributed by atoms with Crippen molar-refractivity contribution in [3.05, 3.63) is 72.4 Å². The fourth-order valence-corrected chi connectivity index (χ4v) is 14.6. The molecular formula is C44H58N8O6Si2. The summed E-state index contributed by atoms with van der Waals surface area (Å²) in [5, 5.41) is 7.66. The standard InChI is InChI=1S/C44H58N8O6Si2/c1-25(2)37(49-43(55)57-5)41(53)51-23-59(7,8)21-35(51)39-45-20-34(48-39)31-14-13-27-17-28(11-12-29(27)18-31)30-15-16-32-33(19-30)47-40(46-32)36-22-60(9,10)24-52(36)42(54)38(26(3)4)50-44(56)58-6/h11-20,25-26,35-38H,21-24H2,1-10H3,(H,45,48)(H,46,47)(H,49,55)(H,50,56)/t35-,36-,37-,38-/m0/s1. The molecule has 14 nitrogen and oxygen atoms in total. The molecular weight excluding hydrogens is 793 g/mol. The molecule has 2 aliphatic rings. The zero-order chi connectivity index (χ0) is 43.3. The number of nitrogens with zero attached hydrogens (tertiary/aromatic N) is 4. The second-order valence-electron chi connectivity index (χ2n) is 18.7. The van der Waals surface area contributed by atoms with Gasteiger partial charge in [0.2, 0.25) is 11.8 Å². The predicted octanol–water partition coefficient (Wildman–Crippen LogP) is 7.80. The van der Waals surface area contributed by atoms with Crippen LogP contribution in [0.3, 0.4) is 0 Å². The van der Waals surface area contributed by atoms with Crippen LogP contribution in [0.5, 0.6) is 0 Å². The van der Waals surface area contributed by atoms with Gasteiger partial charge in [0.15, 0.2) is 0 Å². The van der Waals surface area contributed by atoms with Gasteiger partial charge < -0.3 is 39.9 Å². The van der Waals surface area contributed by atoms with Gasteiger partial charge in [0, 0.05) is 24.1 Å². The summed E-state index contributed by atoms with van der Waals surface area (Å²) in [6.45, 7) is 16.8. The summed E-state index contributed by atoms with van der Waals surface area (Å²) < 4.78 is 9.65.